The molecule has 0 spiro atoms. The molecule has 0 saturated carbocycles. The zero-order chi connectivity index (χ0) is 28.1. The van der Waals surface area contributed by atoms with Crippen LogP contribution >= 0.6 is 11.5 Å². The number of aromatic nitrogens is 1. The van der Waals surface area contributed by atoms with Gasteiger partial charge in [-0.1, -0.05) is 54.6 Å². The molecular formula is C29H29N5O4S. The summed E-state index contributed by atoms with van der Waals surface area (Å²) in [5, 5.41) is 2.97. The van der Waals surface area contributed by atoms with Gasteiger partial charge in [0, 0.05) is 12.2 Å². The number of nitrogens with two attached hydrogens (primary N) is 2. The van der Waals surface area contributed by atoms with Crippen LogP contribution < -0.4 is 26.4 Å². The molecule has 0 aliphatic rings. The maximum Gasteiger partial charge on any atom is 0.273 e. The van der Waals surface area contributed by atoms with E-state index in [0.717, 1.165) is 28.2 Å². The van der Waals surface area contributed by atoms with Crippen LogP contribution in [0.25, 0.3) is 0 Å². The van der Waals surface area contributed by atoms with E-state index in [9.17, 15) is 14.4 Å². The molecule has 0 bridgehead atoms. The molecule has 1 aromatic heterocycles. The Morgan fingerprint density at radius 3 is 2.33 bits per heavy atom. The highest BCUT2D eigenvalue weighted by Crippen LogP contribution is 2.35. The lowest BCUT2D eigenvalue weighted by molar-refractivity contribution is -0.122. The Kier molecular flexibility index (Phi) is 8.26. The van der Waals surface area contributed by atoms with Crippen molar-refractivity contribution in [2.45, 2.75) is 26.4 Å². The number of ether oxygens (including phenoxy) is 1. The van der Waals surface area contributed by atoms with Gasteiger partial charge in [0.1, 0.15) is 16.7 Å². The van der Waals surface area contributed by atoms with Crippen LogP contribution in [0.15, 0.2) is 72.8 Å². The molecule has 4 aromatic rings. The lowest BCUT2D eigenvalue weighted by Gasteiger charge is -2.32. The van der Waals surface area contributed by atoms with Crippen LogP contribution in [-0.2, 0) is 11.3 Å². The van der Waals surface area contributed by atoms with Gasteiger partial charge in [0.15, 0.2) is 5.69 Å². The second-order valence-corrected chi connectivity index (χ2v) is 9.76. The molecule has 1 atom stereocenters. The highest BCUT2D eigenvalue weighted by Gasteiger charge is 2.36. The lowest BCUT2D eigenvalue weighted by atomic mass is 10.00. The Morgan fingerprint density at radius 1 is 1.03 bits per heavy atom. The molecule has 10 heteroatoms. The van der Waals surface area contributed by atoms with Gasteiger partial charge in [0.25, 0.3) is 11.8 Å². The van der Waals surface area contributed by atoms with E-state index in [-0.39, 0.29) is 22.8 Å². The molecule has 0 aliphatic heterocycles. The summed E-state index contributed by atoms with van der Waals surface area (Å²) >= 11 is 0.768. The van der Waals surface area contributed by atoms with Crippen molar-refractivity contribution in [1.29, 1.82) is 0 Å². The Labute approximate surface area is 230 Å². The molecule has 1 heterocycles. The molecule has 5 N–H and O–H groups in total. The Bertz CT molecular complexity index is 1500. The van der Waals surface area contributed by atoms with E-state index in [1.807, 2.05) is 62.4 Å². The van der Waals surface area contributed by atoms with Gasteiger partial charge in [-0.25, -0.2) is 0 Å². The number of benzene rings is 3. The van der Waals surface area contributed by atoms with Crippen molar-refractivity contribution < 1.29 is 19.1 Å². The second-order valence-electron chi connectivity index (χ2n) is 8.98. The summed E-state index contributed by atoms with van der Waals surface area (Å²) in [5.74, 6) is -1.23. The number of nitrogen functional groups attached to an aromatic ring is 1. The number of amides is 3. The average molecular weight is 544 g/mol. The van der Waals surface area contributed by atoms with Gasteiger partial charge in [-0.2, -0.15) is 4.37 Å². The van der Waals surface area contributed by atoms with Gasteiger partial charge >= 0.3 is 0 Å². The highest BCUT2D eigenvalue weighted by atomic mass is 32.1. The van der Waals surface area contributed by atoms with E-state index >= 15 is 0 Å². The first kappa shape index (κ1) is 27.3. The first-order chi connectivity index (χ1) is 18.7. The quantitative estimate of drug-likeness (QED) is 0.290. The van der Waals surface area contributed by atoms with E-state index in [1.165, 1.54) is 4.90 Å². The lowest BCUT2D eigenvalue weighted by Crippen LogP contribution is -2.44. The van der Waals surface area contributed by atoms with E-state index < -0.39 is 23.8 Å². The summed E-state index contributed by atoms with van der Waals surface area (Å²) in [5.41, 5.74) is 14.9. The van der Waals surface area contributed by atoms with Gasteiger partial charge in [-0.05, 0) is 65.8 Å². The predicted octanol–water partition coefficient (Wildman–Crippen LogP) is 4.15. The summed E-state index contributed by atoms with van der Waals surface area (Å²) in [6, 6.07) is 20.9. The third-order valence-electron chi connectivity index (χ3n) is 6.25. The van der Waals surface area contributed by atoms with Crippen molar-refractivity contribution in [3.05, 3.63) is 106 Å². The molecule has 1 unspecified atom stereocenters. The minimum atomic E-state index is -1.09. The fourth-order valence-electron chi connectivity index (χ4n) is 4.17. The van der Waals surface area contributed by atoms with Gasteiger partial charge in [0.2, 0.25) is 5.91 Å². The summed E-state index contributed by atoms with van der Waals surface area (Å²) in [4.78, 5) is 41.4. The Hall–Kier alpha value is -4.70. The Morgan fingerprint density at radius 2 is 1.72 bits per heavy atom. The monoisotopic (exact) mass is 543 g/mol. The van der Waals surface area contributed by atoms with Crippen molar-refractivity contribution >= 4 is 40.6 Å². The van der Waals surface area contributed by atoms with Crippen LogP contribution in [0.1, 0.15) is 48.5 Å². The number of primary amides is 1. The van der Waals surface area contributed by atoms with E-state index in [1.54, 1.807) is 31.4 Å². The molecule has 4 rings (SSSR count). The maximum atomic E-state index is 14.2. The fourth-order valence-corrected chi connectivity index (χ4v) is 4.91. The number of aryl methyl sites for hydroxylation is 2. The normalized spacial score (nSPS) is 11.5. The molecule has 0 radical (unpaired) electrons. The first-order valence-electron chi connectivity index (χ1n) is 12.1. The van der Waals surface area contributed by atoms with E-state index in [2.05, 4.69) is 9.69 Å². The summed E-state index contributed by atoms with van der Waals surface area (Å²) in [6.07, 6.45) is 0. The number of nitrogens with one attached hydrogen (secondary N) is 1. The second kappa shape index (κ2) is 11.8. The molecule has 3 amide bonds. The van der Waals surface area contributed by atoms with Gasteiger partial charge in [-0.3, -0.25) is 19.3 Å². The van der Waals surface area contributed by atoms with E-state index in [4.69, 9.17) is 16.2 Å². The molecule has 200 valence electrons. The van der Waals surface area contributed by atoms with Crippen molar-refractivity contribution in [2.24, 2.45) is 5.73 Å². The molecule has 9 nitrogen and oxygen atoms in total. The minimum Gasteiger partial charge on any atom is -0.497 e. The van der Waals surface area contributed by atoms with Crippen LogP contribution in [0, 0.1) is 13.8 Å². The third kappa shape index (κ3) is 5.91. The smallest absolute Gasteiger partial charge is 0.273 e. The largest absolute Gasteiger partial charge is 0.497 e. The van der Waals surface area contributed by atoms with Crippen molar-refractivity contribution in [3.8, 4) is 5.75 Å². The van der Waals surface area contributed by atoms with Gasteiger partial charge < -0.3 is 21.5 Å². The molecule has 3 aromatic carbocycles. The number of carbonyl (C=O) groups is 3. The molecule has 0 fully saturated rings. The van der Waals surface area contributed by atoms with Crippen LogP contribution in [0.5, 0.6) is 5.75 Å². The summed E-state index contributed by atoms with van der Waals surface area (Å²) in [6.45, 7) is 4.01. The van der Waals surface area contributed by atoms with Crippen LogP contribution in [0.3, 0.4) is 0 Å². The number of hydrogen-bond donors (Lipinski definition) is 3. The third-order valence-corrected chi connectivity index (χ3v) is 7.10. The molecule has 0 aliphatic carbocycles. The van der Waals surface area contributed by atoms with Crippen LogP contribution in [0.4, 0.5) is 11.4 Å². The van der Waals surface area contributed by atoms with E-state index in [0.29, 0.717) is 17.0 Å². The molecular weight excluding hydrogens is 514 g/mol. The SMILES string of the molecule is COc1ccc(C(C(=O)NCc2ccccc2)N(C(=O)c2snc(C(N)=O)c2N)c2cc(C)ccc2C)cc1. The van der Waals surface area contributed by atoms with Crippen molar-refractivity contribution in [1.82, 2.24) is 9.69 Å². The van der Waals surface area contributed by atoms with Gasteiger partial charge in [0.05, 0.1) is 12.8 Å². The first-order valence-corrected chi connectivity index (χ1v) is 12.9. The number of rotatable bonds is 9. The fraction of sp³-hybridized carbons (Fsp3) is 0.172. The van der Waals surface area contributed by atoms with Crippen LogP contribution in [-0.4, -0.2) is 29.2 Å². The summed E-state index contributed by atoms with van der Waals surface area (Å²) < 4.78 is 9.31. The molecule has 39 heavy (non-hydrogen) atoms. The van der Waals surface area contributed by atoms with Crippen LogP contribution in [0.2, 0.25) is 0 Å². The van der Waals surface area contributed by atoms with Gasteiger partial charge in [-0.15, -0.1) is 0 Å². The number of methoxy groups -OCH3 is 1. The highest BCUT2D eigenvalue weighted by molar-refractivity contribution is 7.09. The van der Waals surface area contributed by atoms with Crippen molar-refractivity contribution in [3.63, 3.8) is 0 Å². The Balaban J connectivity index is 1.87. The van der Waals surface area contributed by atoms with Crippen molar-refractivity contribution in [2.75, 3.05) is 17.7 Å². The number of hydrogen-bond acceptors (Lipinski definition) is 7. The standard InChI is InChI=1S/C29H29N5O4S/c1-17-9-10-18(2)22(15-17)34(29(37)26-23(30)24(27(31)35)33-39-26)25(20-11-13-21(38-3)14-12-20)28(36)32-16-19-7-5-4-6-8-19/h4-15,25H,16,30H2,1-3H3,(H2,31,35)(H,32,36). The molecule has 0 saturated heterocycles. The topological polar surface area (TPSA) is 141 Å². The summed E-state index contributed by atoms with van der Waals surface area (Å²) in [7, 11) is 1.55. The number of nitrogens with zero attached hydrogens (tertiary/aromatic N) is 2. The zero-order valence-corrected chi connectivity index (χ0v) is 22.6. The minimum absolute atomic E-state index is 0.0130. The number of carbonyl (C=O) groups excluding carboxylic acids is 3. The average Bonchev–Trinajstić information content (AvgIpc) is 3.33. The number of anilines is 2. The zero-order valence-electron chi connectivity index (χ0n) is 21.8. The predicted molar refractivity (Wildman–Crippen MR) is 152 cm³/mol. The maximum absolute atomic E-state index is 14.2.